The molecule has 0 radical (unpaired) electrons. The maximum Gasteiger partial charge on any atom is -0.00201 e. The van der Waals surface area contributed by atoms with Gasteiger partial charge < -0.3 is 0 Å². The topological polar surface area (TPSA) is 0 Å². The van der Waals surface area contributed by atoms with Gasteiger partial charge in [0.25, 0.3) is 0 Å². The molecule has 9 rings (SSSR count). The zero-order valence-electron chi connectivity index (χ0n) is 22.4. The monoisotopic (exact) mass is 508 g/mol. The van der Waals surface area contributed by atoms with Crippen molar-refractivity contribution < 1.29 is 0 Å². The molecule has 0 saturated heterocycles. The molecule has 0 aromatic heterocycles. The van der Waals surface area contributed by atoms with E-state index in [1.54, 1.807) is 11.1 Å². The van der Waals surface area contributed by atoms with E-state index < -0.39 is 0 Å². The van der Waals surface area contributed by atoms with E-state index in [9.17, 15) is 0 Å². The number of hydrogen-bond donors (Lipinski definition) is 0. The molecule has 7 aromatic carbocycles. The second-order valence-electron chi connectivity index (χ2n) is 11.5. The molecule has 0 heteroatoms. The van der Waals surface area contributed by atoms with E-state index in [-0.39, 0.29) is 0 Å². The summed E-state index contributed by atoms with van der Waals surface area (Å²) >= 11 is 0. The molecule has 0 amide bonds. The average molecular weight is 509 g/mol. The molecule has 0 unspecified atom stereocenters. The highest BCUT2D eigenvalue weighted by Gasteiger charge is 2.27. The summed E-state index contributed by atoms with van der Waals surface area (Å²) in [6.07, 6.45) is 9.21. The first-order chi connectivity index (χ1) is 19.8. The van der Waals surface area contributed by atoms with Crippen LogP contribution in [0.15, 0.2) is 115 Å². The third-order valence-electron chi connectivity index (χ3n) is 9.42. The molecule has 7 aromatic rings. The van der Waals surface area contributed by atoms with E-state index >= 15 is 0 Å². The van der Waals surface area contributed by atoms with Gasteiger partial charge in [0.1, 0.15) is 0 Å². The molecule has 0 N–H and O–H groups in total. The van der Waals surface area contributed by atoms with Crippen LogP contribution in [-0.2, 0) is 19.3 Å². The molecule has 2 aliphatic carbocycles. The molecular weight excluding hydrogens is 480 g/mol. The molecule has 2 aliphatic rings. The molecule has 0 saturated carbocycles. The summed E-state index contributed by atoms with van der Waals surface area (Å²) in [5, 5.41) is 10.7. The Hall–Kier alpha value is -4.68. The lowest BCUT2D eigenvalue weighted by Crippen LogP contribution is -2.12. The number of aryl methyl sites for hydroxylation is 1. The Bertz CT molecular complexity index is 2210. The Morgan fingerprint density at radius 2 is 1.12 bits per heavy atom. The van der Waals surface area contributed by atoms with Crippen molar-refractivity contribution >= 4 is 49.2 Å². The average Bonchev–Trinajstić information content (AvgIpc) is 3.03. The summed E-state index contributed by atoms with van der Waals surface area (Å²) in [6.45, 7) is 0. The molecule has 0 atom stereocenters. The first-order valence-corrected chi connectivity index (χ1v) is 14.5. The van der Waals surface area contributed by atoms with Gasteiger partial charge in [-0.3, -0.25) is 0 Å². The van der Waals surface area contributed by atoms with Gasteiger partial charge in [0.05, 0.1) is 0 Å². The number of rotatable bonds is 1. The van der Waals surface area contributed by atoms with Crippen molar-refractivity contribution in [3.63, 3.8) is 0 Å². The molecule has 0 nitrogen and oxygen atoms in total. The highest BCUT2D eigenvalue weighted by molar-refractivity contribution is 6.24. The molecule has 0 heterocycles. The molecule has 0 aliphatic heterocycles. The lowest BCUT2D eigenvalue weighted by atomic mass is 9.74. The molecule has 0 bridgehead atoms. The van der Waals surface area contributed by atoms with E-state index in [1.807, 2.05) is 0 Å². The standard InChI is InChI=1S/C40H28/c1-5-13-29-25(9-1)17-20-36-33(29)21-22-35-31-15-7-4-12-28(31)24-38(40(35)36)37-23-27-11-3-6-14-30(27)34-19-18-26-10-2-8-16-32(26)39(34)37/h1-6,8-14,16-20,23-24H,7,15,21-22H2. The predicted molar refractivity (Wildman–Crippen MR) is 172 cm³/mol. The Morgan fingerprint density at radius 1 is 0.425 bits per heavy atom. The van der Waals surface area contributed by atoms with Gasteiger partial charge in [0.15, 0.2) is 0 Å². The van der Waals surface area contributed by atoms with Crippen molar-refractivity contribution in [1.82, 2.24) is 0 Å². The van der Waals surface area contributed by atoms with E-state index in [0.29, 0.717) is 0 Å². The molecule has 0 spiro atoms. The van der Waals surface area contributed by atoms with Crippen molar-refractivity contribution in [1.29, 1.82) is 0 Å². The largest absolute Gasteiger partial charge is 0.0836 e. The number of benzene rings is 7. The van der Waals surface area contributed by atoms with Crippen LogP contribution in [0.3, 0.4) is 0 Å². The van der Waals surface area contributed by atoms with Gasteiger partial charge in [0.2, 0.25) is 0 Å². The summed E-state index contributed by atoms with van der Waals surface area (Å²) in [5.74, 6) is 0. The van der Waals surface area contributed by atoms with Crippen LogP contribution in [0.25, 0.3) is 71.4 Å². The predicted octanol–water partition coefficient (Wildman–Crippen LogP) is 10.7. The van der Waals surface area contributed by atoms with E-state index in [0.717, 1.165) is 25.7 Å². The fraction of sp³-hybridized carbons (Fsp3) is 0.100. The summed E-state index contributed by atoms with van der Waals surface area (Å²) < 4.78 is 0. The minimum Gasteiger partial charge on any atom is -0.0836 e. The number of allylic oxidation sites excluding steroid dienone is 1. The summed E-state index contributed by atoms with van der Waals surface area (Å²) in [5.41, 5.74) is 11.7. The van der Waals surface area contributed by atoms with Crippen molar-refractivity contribution in [3.8, 4) is 22.3 Å². The van der Waals surface area contributed by atoms with Gasteiger partial charge >= 0.3 is 0 Å². The number of hydrogen-bond acceptors (Lipinski definition) is 0. The minimum atomic E-state index is 1.10. The van der Waals surface area contributed by atoms with Crippen LogP contribution in [0.1, 0.15) is 28.7 Å². The van der Waals surface area contributed by atoms with Crippen LogP contribution in [0.4, 0.5) is 0 Å². The second-order valence-corrected chi connectivity index (χ2v) is 11.5. The van der Waals surface area contributed by atoms with Crippen LogP contribution < -0.4 is 0 Å². The van der Waals surface area contributed by atoms with Gasteiger partial charge in [-0.25, -0.2) is 0 Å². The van der Waals surface area contributed by atoms with E-state index in [1.165, 1.54) is 76.5 Å². The van der Waals surface area contributed by atoms with E-state index in [4.69, 9.17) is 0 Å². The minimum absolute atomic E-state index is 1.10. The van der Waals surface area contributed by atoms with Gasteiger partial charge in [-0.1, -0.05) is 109 Å². The lowest BCUT2D eigenvalue weighted by molar-refractivity contribution is 0.893. The highest BCUT2D eigenvalue weighted by atomic mass is 14.3. The second kappa shape index (κ2) is 8.41. The van der Waals surface area contributed by atoms with E-state index in [2.05, 4.69) is 121 Å². The molecule has 40 heavy (non-hydrogen) atoms. The molecule has 188 valence electrons. The Morgan fingerprint density at radius 3 is 2.00 bits per heavy atom. The fourth-order valence-corrected chi connectivity index (χ4v) is 7.66. The maximum absolute atomic E-state index is 2.51. The quantitative estimate of drug-likeness (QED) is 0.193. The normalized spacial score (nSPS) is 14.0. The first kappa shape index (κ1) is 22.2. The van der Waals surface area contributed by atoms with Gasteiger partial charge in [-0.2, -0.15) is 0 Å². The van der Waals surface area contributed by atoms with Crippen molar-refractivity contribution in [2.24, 2.45) is 0 Å². The Kier molecular flexibility index (Phi) is 4.66. The fourth-order valence-electron chi connectivity index (χ4n) is 7.66. The smallest absolute Gasteiger partial charge is 0.00201 e. The zero-order chi connectivity index (χ0) is 26.2. The van der Waals surface area contributed by atoms with Crippen molar-refractivity contribution in [2.45, 2.75) is 25.7 Å². The SMILES string of the molecule is C1=Cc2cc(-c3cc4ccccc4c4ccc5ccccc5c34)c3c(c2CC1)CCc1c-3ccc2ccccc12. The highest BCUT2D eigenvalue weighted by Crippen LogP contribution is 2.49. The Balaban J connectivity index is 1.48. The van der Waals surface area contributed by atoms with Crippen molar-refractivity contribution in [3.05, 3.63) is 138 Å². The molecular formula is C40H28. The number of fused-ring (bicyclic) bond motifs is 12. The van der Waals surface area contributed by atoms with Crippen LogP contribution in [0, 0.1) is 0 Å². The Labute approximate surface area is 234 Å². The van der Waals surface area contributed by atoms with Crippen LogP contribution >= 0.6 is 0 Å². The van der Waals surface area contributed by atoms with Crippen LogP contribution in [0.2, 0.25) is 0 Å². The third kappa shape index (κ3) is 3.08. The maximum atomic E-state index is 2.51. The van der Waals surface area contributed by atoms with Gasteiger partial charge in [0, 0.05) is 0 Å². The summed E-state index contributed by atoms with van der Waals surface area (Å²) in [7, 11) is 0. The van der Waals surface area contributed by atoms with Crippen LogP contribution in [-0.4, -0.2) is 0 Å². The van der Waals surface area contributed by atoms with Crippen LogP contribution in [0.5, 0.6) is 0 Å². The summed E-state index contributed by atoms with van der Waals surface area (Å²) in [6, 6.07) is 41.1. The van der Waals surface area contributed by atoms with Gasteiger partial charge in [-0.05, 0) is 125 Å². The lowest BCUT2D eigenvalue weighted by Gasteiger charge is -2.29. The first-order valence-electron chi connectivity index (χ1n) is 14.5. The van der Waals surface area contributed by atoms with Gasteiger partial charge in [-0.15, -0.1) is 0 Å². The zero-order valence-corrected chi connectivity index (χ0v) is 22.4. The summed E-state index contributed by atoms with van der Waals surface area (Å²) in [4.78, 5) is 0. The van der Waals surface area contributed by atoms with Crippen molar-refractivity contribution in [2.75, 3.05) is 0 Å². The molecule has 0 fully saturated rings. The third-order valence-corrected chi connectivity index (χ3v) is 9.42.